The molecule has 2 N–H and O–H groups in total. The number of rotatable bonds is 5. The van der Waals surface area contributed by atoms with Gasteiger partial charge in [0.25, 0.3) is 0 Å². The fourth-order valence-corrected chi connectivity index (χ4v) is 4.78. The first kappa shape index (κ1) is 17.0. The average Bonchev–Trinajstić information content (AvgIpc) is 2.93. The Labute approximate surface area is 139 Å². The van der Waals surface area contributed by atoms with Crippen LogP contribution in [-0.4, -0.2) is 43.8 Å². The summed E-state index contributed by atoms with van der Waals surface area (Å²) >= 11 is 0. The first-order chi connectivity index (χ1) is 10.8. The van der Waals surface area contributed by atoms with E-state index in [0.29, 0.717) is 17.3 Å². The molecule has 1 spiro atoms. The topological polar surface area (TPSA) is 72.6 Å². The summed E-state index contributed by atoms with van der Waals surface area (Å²) in [5, 5.41) is 0. The highest BCUT2D eigenvalue weighted by Gasteiger charge is 2.56. The zero-order valence-electron chi connectivity index (χ0n) is 14.6. The van der Waals surface area contributed by atoms with Crippen LogP contribution in [0.25, 0.3) is 0 Å². The van der Waals surface area contributed by atoms with E-state index in [1.165, 1.54) is 25.7 Å². The maximum absolute atomic E-state index is 13.0. The van der Waals surface area contributed by atoms with Crippen molar-refractivity contribution in [3.63, 3.8) is 0 Å². The van der Waals surface area contributed by atoms with Crippen molar-refractivity contribution in [1.82, 2.24) is 4.90 Å². The third-order valence-electron chi connectivity index (χ3n) is 6.03. The highest BCUT2D eigenvalue weighted by atomic mass is 16.4. The van der Waals surface area contributed by atoms with Crippen molar-refractivity contribution in [3.05, 3.63) is 0 Å². The predicted molar refractivity (Wildman–Crippen MR) is 89.7 cm³/mol. The van der Waals surface area contributed by atoms with E-state index in [0.717, 1.165) is 13.1 Å². The molecule has 23 heavy (non-hydrogen) atoms. The van der Waals surface area contributed by atoms with Gasteiger partial charge in [0, 0.05) is 13.1 Å². The van der Waals surface area contributed by atoms with Crippen LogP contribution in [-0.2, 0) is 14.2 Å². The Morgan fingerprint density at radius 1 is 1.26 bits per heavy atom. The van der Waals surface area contributed by atoms with Crippen molar-refractivity contribution in [3.8, 4) is 0 Å². The summed E-state index contributed by atoms with van der Waals surface area (Å²) in [7, 11) is -0.0754. The van der Waals surface area contributed by atoms with Crippen LogP contribution in [0.3, 0.4) is 0 Å². The lowest BCUT2D eigenvalue weighted by molar-refractivity contribution is -0.142. The van der Waals surface area contributed by atoms with E-state index in [2.05, 4.69) is 0 Å². The number of nitrogens with zero attached hydrogens (tertiary/aromatic N) is 1. The Morgan fingerprint density at radius 3 is 2.26 bits per heavy atom. The van der Waals surface area contributed by atoms with Gasteiger partial charge in [0.2, 0.25) is 5.91 Å². The quantitative estimate of drug-likeness (QED) is 0.468. The Balaban J connectivity index is 1.66. The van der Waals surface area contributed by atoms with Crippen molar-refractivity contribution >= 4 is 19.1 Å². The third-order valence-corrected chi connectivity index (χ3v) is 6.03. The molecule has 3 aliphatic rings. The number of hydrogen-bond donors (Lipinski definition) is 1. The summed E-state index contributed by atoms with van der Waals surface area (Å²) in [6, 6.07) is 0. The maximum atomic E-state index is 13.0. The van der Waals surface area contributed by atoms with Crippen molar-refractivity contribution in [2.24, 2.45) is 34.3 Å². The molecule has 1 amide bonds. The summed E-state index contributed by atoms with van der Waals surface area (Å²) in [6.45, 7) is 7.53. The van der Waals surface area contributed by atoms with Gasteiger partial charge in [-0.15, -0.1) is 0 Å². The van der Waals surface area contributed by atoms with Crippen LogP contribution in [0.1, 0.15) is 46.5 Å². The maximum Gasteiger partial charge on any atom is 0.353 e. The zero-order valence-corrected chi connectivity index (χ0v) is 14.6. The number of hydrogen-bond acceptors (Lipinski definition) is 4. The van der Waals surface area contributed by atoms with E-state index in [1.807, 2.05) is 25.7 Å². The summed E-state index contributed by atoms with van der Waals surface area (Å²) in [4.78, 5) is 27.4. The molecular weight excluding hydrogens is 291 g/mol. The van der Waals surface area contributed by atoms with Crippen LogP contribution in [0.4, 0.5) is 0 Å². The lowest BCUT2D eigenvalue weighted by atomic mass is 9.69. The molecule has 5 nitrogen and oxygen atoms in total. The molecule has 0 aromatic heterocycles. The number of amides is 1. The zero-order chi connectivity index (χ0) is 16.8. The molecule has 1 aliphatic heterocycles. The minimum atomic E-state index is -0.636. The molecule has 0 radical (unpaired) electrons. The highest BCUT2D eigenvalue weighted by Crippen LogP contribution is 2.63. The van der Waals surface area contributed by atoms with Crippen LogP contribution < -0.4 is 5.73 Å². The van der Waals surface area contributed by atoms with Crippen molar-refractivity contribution in [2.75, 3.05) is 19.8 Å². The smallest absolute Gasteiger partial charge is 0.353 e. The Kier molecular flexibility index (Phi) is 4.34. The van der Waals surface area contributed by atoms with Crippen molar-refractivity contribution in [2.45, 2.75) is 46.5 Å². The van der Waals surface area contributed by atoms with Gasteiger partial charge in [0.1, 0.15) is 5.68 Å². The Bertz CT molecular complexity index is 483. The summed E-state index contributed by atoms with van der Waals surface area (Å²) in [6.07, 6.45) is 5.33. The molecule has 1 heterocycles. The van der Waals surface area contributed by atoms with Gasteiger partial charge in [-0.05, 0) is 48.3 Å². The van der Waals surface area contributed by atoms with E-state index in [-0.39, 0.29) is 25.8 Å². The van der Waals surface area contributed by atoms with E-state index < -0.39 is 11.3 Å². The first-order valence-electron chi connectivity index (χ1n) is 8.85. The van der Waals surface area contributed by atoms with Crippen LogP contribution >= 0.6 is 0 Å². The number of fused-ring (bicyclic) bond motifs is 1. The lowest BCUT2D eigenvalue weighted by Crippen LogP contribution is -2.46. The van der Waals surface area contributed by atoms with Gasteiger partial charge in [-0.1, -0.05) is 20.8 Å². The Morgan fingerprint density at radius 2 is 1.83 bits per heavy atom. The van der Waals surface area contributed by atoms with Crippen LogP contribution in [0.15, 0.2) is 0 Å². The fourth-order valence-electron chi connectivity index (χ4n) is 4.78. The van der Waals surface area contributed by atoms with Gasteiger partial charge in [-0.25, -0.2) is 0 Å². The molecular formula is C17H29BN2O3. The molecule has 1 saturated heterocycles. The van der Waals surface area contributed by atoms with Crippen molar-refractivity contribution < 1.29 is 14.2 Å². The molecule has 128 valence electrons. The second kappa shape index (κ2) is 5.89. The Hall–Kier alpha value is -0.875. The van der Waals surface area contributed by atoms with Crippen LogP contribution in [0.2, 0.25) is 0 Å². The second-order valence-corrected chi connectivity index (χ2v) is 8.95. The van der Waals surface area contributed by atoms with E-state index in [4.69, 9.17) is 10.4 Å². The molecule has 0 bridgehead atoms. The van der Waals surface area contributed by atoms with Crippen LogP contribution in [0.5, 0.6) is 0 Å². The largest absolute Gasteiger partial charge is 0.419 e. The molecule has 0 unspecified atom stereocenters. The molecule has 2 saturated carbocycles. The van der Waals surface area contributed by atoms with Crippen molar-refractivity contribution in [1.29, 1.82) is 0 Å². The van der Waals surface area contributed by atoms with Gasteiger partial charge < -0.3 is 20.1 Å². The molecule has 3 fully saturated rings. The molecule has 0 aromatic rings. The summed E-state index contributed by atoms with van der Waals surface area (Å²) in [5.74, 6) is 0.653. The van der Waals surface area contributed by atoms with E-state index in [1.54, 1.807) is 0 Å². The van der Waals surface area contributed by atoms with Gasteiger partial charge in [0.05, 0.1) is 12.6 Å². The minimum absolute atomic E-state index is 0.00668. The minimum Gasteiger partial charge on any atom is -0.419 e. The molecule has 3 rings (SSSR count). The number of carbonyl (C=O) groups excluding carboxylic acids is 2. The monoisotopic (exact) mass is 320 g/mol. The summed E-state index contributed by atoms with van der Waals surface area (Å²) < 4.78 is 5.05. The number of likely N-dealkylation sites (tertiary alicyclic amines) is 1. The summed E-state index contributed by atoms with van der Waals surface area (Å²) in [5.41, 5.74) is 5.39. The standard InChI is InChI=1S/C17H29BN2O3/c1-16(2,3)13(14(21)18-23-10-19)15(22)20-8-11-6-17(4-5-17)7-12(11)9-20/h11-13,18H,4-10,19H2,1-3H3/t11-,12+,13-/m1/s1. The fraction of sp³-hybridized carbons (Fsp3) is 0.882. The van der Waals surface area contributed by atoms with Crippen LogP contribution in [0, 0.1) is 28.6 Å². The lowest BCUT2D eigenvalue weighted by Gasteiger charge is -2.32. The average molecular weight is 320 g/mol. The van der Waals surface area contributed by atoms with Gasteiger partial charge in [0.15, 0.2) is 0 Å². The second-order valence-electron chi connectivity index (χ2n) is 8.95. The molecule has 2 aliphatic carbocycles. The van der Waals surface area contributed by atoms with Gasteiger partial charge in [-0.2, -0.15) is 0 Å². The number of nitrogens with two attached hydrogens (primary N) is 1. The third kappa shape index (κ3) is 3.34. The molecule has 3 atom stereocenters. The first-order valence-corrected chi connectivity index (χ1v) is 8.85. The number of carbonyl (C=O) groups is 2. The molecule has 0 aromatic carbocycles. The normalized spacial score (nSPS) is 29.5. The van der Waals surface area contributed by atoms with Gasteiger partial charge >= 0.3 is 7.48 Å². The van der Waals surface area contributed by atoms with E-state index >= 15 is 0 Å². The SMILES string of the molecule is CC(C)(C)[C@H](C(=O)BOCN)C(=O)N1C[C@@H]2CC3(CC3)C[C@@H]2C1. The predicted octanol–water partition coefficient (Wildman–Crippen LogP) is 1.11. The highest BCUT2D eigenvalue weighted by molar-refractivity contribution is 6.70. The molecule has 6 heteroatoms. The van der Waals surface area contributed by atoms with E-state index in [9.17, 15) is 9.59 Å². The van der Waals surface area contributed by atoms with Gasteiger partial charge in [-0.3, -0.25) is 4.79 Å².